The standard InChI is InChI=1S/C80H72O8/c81-80(77(85-57-64-37-17-4-18-38-64)76(84-56-63-35-15-3-16-36-63)75(83-55-62-33-13-2-14-34-62)74(88-80)60-82-54-61-31-11-1-12-32-61)73-53-65(58-86-78(67-39-19-5-20-40-67,68-41-21-6-22-42-68)69-43-23-7-24-44-69)51-52-66(73)59-87-79(70-45-25-8-26-46-70,71-47-27-9-28-48-71)72-49-29-10-30-50-72/h1-53,74-77,81H,54-60H2. The number of benzene rings is 11. The lowest BCUT2D eigenvalue weighted by atomic mass is 9.79. The molecule has 5 atom stereocenters. The SMILES string of the molecule is OC1(c2cc(COC(c3ccccc3)(c3ccccc3)c3ccccc3)ccc2COC(c2ccccc2)(c2ccccc2)c2ccccc2)OC(COCc2ccccc2)C(OCc2ccccc2)C(OCc2ccccc2)C1OCc1ccccc1. The van der Waals surface area contributed by atoms with E-state index in [2.05, 4.69) is 78.9 Å². The van der Waals surface area contributed by atoms with Crippen molar-refractivity contribution in [2.75, 3.05) is 6.61 Å². The molecule has 11 aromatic rings. The Balaban J connectivity index is 1.05. The van der Waals surface area contributed by atoms with Crippen LogP contribution >= 0.6 is 0 Å². The van der Waals surface area contributed by atoms with Crippen LogP contribution in [0.15, 0.2) is 322 Å². The summed E-state index contributed by atoms with van der Waals surface area (Å²) < 4.78 is 51.2. The van der Waals surface area contributed by atoms with Crippen LogP contribution in [0.3, 0.4) is 0 Å². The highest BCUT2D eigenvalue weighted by molar-refractivity contribution is 5.50. The first-order valence-electron chi connectivity index (χ1n) is 30.2. The Bertz CT molecular complexity index is 3640. The van der Waals surface area contributed by atoms with Crippen LogP contribution in [0.4, 0.5) is 0 Å². The Hall–Kier alpha value is -8.90. The predicted octanol–water partition coefficient (Wildman–Crippen LogP) is 16.2. The minimum Gasteiger partial charge on any atom is -0.374 e. The molecule has 1 fully saturated rings. The Morgan fingerprint density at radius 1 is 0.318 bits per heavy atom. The second kappa shape index (κ2) is 28.7. The fourth-order valence-corrected chi connectivity index (χ4v) is 12.2. The molecule has 5 unspecified atom stereocenters. The van der Waals surface area contributed by atoms with Crippen LogP contribution in [0.2, 0.25) is 0 Å². The molecule has 1 aliphatic heterocycles. The van der Waals surface area contributed by atoms with Gasteiger partial charge in [-0.25, -0.2) is 0 Å². The van der Waals surface area contributed by atoms with Gasteiger partial charge in [-0.1, -0.05) is 315 Å². The van der Waals surface area contributed by atoms with Crippen LogP contribution in [-0.2, 0) is 89.8 Å². The molecule has 12 rings (SSSR count). The van der Waals surface area contributed by atoms with Crippen molar-refractivity contribution in [3.8, 4) is 0 Å². The summed E-state index contributed by atoms with van der Waals surface area (Å²) in [5.74, 6) is -2.29. The zero-order valence-electron chi connectivity index (χ0n) is 49.2. The van der Waals surface area contributed by atoms with Gasteiger partial charge in [0, 0.05) is 5.56 Å². The molecule has 0 radical (unpaired) electrons. The average Bonchev–Trinajstić information content (AvgIpc) is 1.21. The van der Waals surface area contributed by atoms with Gasteiger partial charge in [-0.3, -0.25) is 0 Å². The van der Waals surface area contributed by atoms with Crippen molar-refractivity contribution in [3.05, 3.63) is 394 Å². The molecular formula is C80H72O8. The highest BCUT2D eigenvalue weighted by Crippen LogP contribution is 2.47. The number of rotatable bonds is 26. The van der Waals surface area contributed by atoms with Crippen molar-refractivity contribution in [2.45, 2.75) is 81.0 Å². The van der Waals surface area contributed by atoms with E-state index in [0.29, 0.717) is 11.1 Å². The van der Waals surface area contributed by atoms with Gasteiger partial charge in [-0.2, -0.15) is 0 Å². The van der Waals surface area contributed by atoms with Crippen molar-refractivity contribution >= 4 is 0 Å². The first-order valence-corrected chi connectivity index (χ1v) is 30.2. The van der Waals surface area contributed by atoms with Gasteiger partial charge in [-0.15, -0.1) is 0 Å². The van der Waals surface area contributed by atoms with E-state index in [1.807, 2.05) is 243 Å². The molecule has 1 saturated heterocycles. The molecule has 11 aromatic carbocycles. The van der Waals surface area contributed by atoms with Gasteiger partial charge in [0.05, 0.1) is 46.2 Å². The van der Waals surface area contributed by atoms with Crippen molar-refractivity contribution in [1.82, 2.24) is 0 Å². The van der Waals surface area contributed by atoms with E-state index in [-0.39, 0.29) is 46.2 Å². The van der Waals surface area contributed by atoms with Crippen molar-refractivity contribution < 1.29 is 38.3 Å². The van der Waals surface area contributed by atoms with E-state index in [0.717, 1.165) is 61.2 Å². The molecule has 0 spiro atoms. The third-order valence-corrected chi connectivity index (χ3v) is 16.5. The maximum atomic E-state index is 14.8. The van der Waals surface area contributed by atoms with E-state index >= 15 is 0 Å². The average molecular weight is 1160 g/mol. The molecule has 1 N–H and O–H groups in total. The maximum Gasteiger partial charge on any atom is 0.223 e. The highest BCUT2D eigenvalue weighted by Gasteiger charge is 2.58. The number of hydrogen-bond donors (Lipinski definition) is 1. The highest BCUT2D eigenvalue weighted by atomic mass is 16.7. The zero-order valence-corrected chi connectivity index (χ0v) is 49.2. The fraction of sp³-hybridized carbons (Fsp3) is 0.175. The first kappa shape index (κ1) is 59.4. The molecule has 0 saturated carbocycles. The summed E-state index contributed by atoms with van der Waals surface area (Å²) in [4.78, 5) is 0. The van der Waals surface area contributed by atoms with Crippen molar-refractivity contribution in [2.24, 2.45) is 0 Å². The van der Waals surface area contributed by atoms with Gasteiger partial charge >= 0.3 is 0 Å². The van der Waals surface area contributed by atoms with Gasteiger partial charge in [0.2, 0.25) is 5.79 Å². The summed E-state index contributed by atoms with van der Waals surface area (Å²) in [7, 11) is 0. The third kappa shape index (κ3) is 13.5. The second-order valence-electron chi connectivity index (χ2n) is 22.2. The van der Waals surface area contributed by atoms with Crippen LogP contribution in [0, 0.1) is 0 Å². The Labute approximate surface area is 517 Å². The molecule has 1 aliphatic rings. The summed E-state index contributed by atoms with van der Waals surface area (Å²) in [6.07, 6.45) is -3.97. The van der Waals surface area contributed by atoms with Gasteiger partial charge < -0.3 is 38.3 Å². The number of hydrogen-bond acceptors (Lipinski definition) is 8. The zero-order chi connectivity index (χ0) is 59.7. The van der Waals surface area contributed by atoms with Crippen LogP contribution in [0.1, 0.15) is 72.3 Å². The minimum absolute atomic E-state index is 0.00708. The molecule has 8 nitrogen and oxygen atoms in total. The normalized spacial score (nSPS) is 17.7. The Morgan fingerprint density at radius 3 is 1.01 bits per heavy atom. The summed E-state index contributed by atoms with van der Waals surface area (Å²) in [5, 5.41) is 14.8. The molecule has 8 heteroatoms. The quantitative estimate of drug-likeness (QED) is 0.0537. The summed E-state index contributed by atoms with van der Waals surface area (Å²) in [6.45, 7) is 0.893. The second-order valence-corrected chi connectivity index (χ2v) is 22.2. The van der Waals surface area contributed by atoms with Crippen LogP contribution in [0.5, 0.6) is 0 Å². The monoisotopic (exact) mass is 1160 g/mol. The van der Waals surface area contributed by atoms with E-state index in [4.69, 9.17) is 33.2 Å². The topological polar surface area (TPSA) is 84.8 Å². The van der Waals surface area contributed by atoms with E-state index in [1.54, 1.807) is 0 Å². The molecule has 440 valence electrons. The van der Waals surface area contributed by atoms with Crippen molar-refractivity contribution in [1.29, 1.82) is 0 Å². The molecule has 0 bridgehead atoms. The molecule has 0 aromatic heterocycles. The lowest BCUT2D eigenvalue weighted by molar-refractivity contribution is -0.379. The van der Waals surface area contributed by atoms with Crippen molar-refractivity contribution in [3.63, 3.8) is 0 Å². The molecule has 88 heavy (non-hydrogen) atoms. The molecule has 1 heterocycles. The Kier molecular flexibility index (Phi) is 19.4. The fourth-order valence-electron chi connectivity index (χ4n) is 12.2. The van der Waals surface area contributed by atoms with E-state index < -0.39 is 41.4 Å². The Morgan fingerprint density at radius 2 is 0.636 bits per heavy atom. The van der Waals surface area contributed by atoms with Crippen LogP contribution in [-0.4, -0.2) is 36.1 Å². The van der Waals surface area contributed by atoms with Gasteiger partial charge in [-0.05, 0) is 72.8 Å². The molecule has 0 amide bonds. The number of aliphatic hydroxyl groups is 1. The maximum absolute atomic E-state index is 14.8. The molecular weight excluding hydrogens is 1090 g/mol. The van der Waals surface area contributed by atoms with Crippen LogP contribution < -0.4 is 0 Å². The summed E-state index contributed by atoms with van der Waals surface area (Å²) in [5.41, 5.74) is 9.04. The molecule has 0 aliphatic carbocycles. The summed E-state index contributed by atoms with van der Waals surface area (Å²) in [6, 6.07) is 108. The minimum atomic E-state index is -2.29. The summed E-state index contributed by atoms with van der Waals surface area (Å²) >= 11 is 0. The van der Waals surface area contributed by atoms with Gasteiger partial charge in [0.15, 0.2) is 0 Å². The van der Waals surface area contributed by atoms with Gasteiger partial charge in [0.25, 0.3) is 0 Å². The largest absolute Gasteiger partial charge is 0.374 e. The van der Waals surface area contributed by atoms with Crippen LogP contribution in [0.25, 0.3) is 0 Å². The smallest absolute Gasteiger partial charge is 0.223 e. The first-order chi connectivity index (χ1) is 43.5. The lowest BCUT2D eigenvalue weighted by Crippen LogP contribution is -2.66. The van der Waals surface area contributed by atoms with E-state index in [1.165, 1.54) is 0 Å². The number of ether oxygens (including phenoxy) is 7. The third-order valence-electron chi connectivity index (χ3n) is 16.5. The predicted molar refractivity (Wildman–Crippen MR) is 344 cm³/mol. The van der Waals surface area contributed by atoms with E-state index in [9.17, 15) is 5.11 Å². The van der Waals surface area contributed by atoms with Gasteiger partial charge in [0.1, 0.15) is 35.6 Å². The lowest BCUT2D eigenvalue weighted by Gasteiger charge is -2.51.